The molecule has 5 heteroatoms. The molecule has 1 heterocycles. The number of rotatable bonds is 5. The number of H-pyrrole nitrogens is 1. The number of carbonyl (C=O) groups excluding carboxylic acids is 1. The van der Waals surface area contributed by atoms with Crippen LogP contribution in [0.2, 0.25) is 0 Å². The molecule has 2 atom stereocenters. The molecule has 3 rings (SSSR count). The highest BCUT2D eigenvalue weighted by molar-refractivity contribution is 5.91. The number of phenols is 2. The number of aromatic nitrogens is 1. The summed E-state index contributed by atoms with van der Waals surface area (Å²) in [6.45, 7) is 10.1. The molecule has 4 N–H and O–H groups in total. The van der Waals surface area contributed by atoms with Gasteiger partial charge in [-0.05, 0) is 44.2 Å². The summed E-state index contributed by atoms with van der Waals surface area (Å²) in [7, 11) is 0. The fourth-order valence-corrected chi connectivity index (χ4v) is 3.95. The van der Waals surface area contributed by atoms with Crippen molar-refractivity contribution >= 4 is 16.8 Å². The zero-order valence-corrected chi connectivity index (χ0v) is 15.5. The van der Waals surface area contributed by atoms with Gasteiger partial charge in [0, 0.05) is 36.5 Å². The standard InChI is InChI=1S/C21H26N2O3/c1-11(2)15-7-12(3)8-17(15)19-18(25)9-16-14(5-6-22-13(4)24)10-23-20(16)21(19)26/h8-10,15,17,23,25-26H,1,5-7H2,2-4H3,(H,22,24). The Morgan fingerprint density at radius 1 is 1.38 bits per heavy atom. The van der Waals surface area contributed by atoms with Gasteiger partial charge in [-0.2, -0.15) is 0 Å². The van der Waals surface area contributed by atoms with Crippen molar-refractivity contribution in [2.75, 3.05) is 6.54 Å². The molecule has 0 radical (unpaired) electrons. The molecule has 2 unspecified atom stereocenters. The lowest BCUT2D eigenvalue weighted by atomic mass is 9.83. The molecule has 2 aromatic rings. The second-order valence-electron chi connectivity index (χ2n) is 7.32. The fraction of sp³-hybridized carbons (Fsp3) is 0.381. The van der Waals surface area contributed by atoms with Gasteiger partial charge in [0.1, 0.15) is 11.5 Å². The third kappa shape index (κ3) is 3.21. The van der Waals surface area contributed by atoms with E-state index in [0.717, 1.165) is 22.9 Å². The lowest BCUT2D eigenvalue weighted by Gasteiger charge is -2.22. The van der Waals surface area contributed by atoms with Gasteiger partial charge in [0.2, 0.25) is 5.91 Å². The number of nitrogens with one attached hydrogen (secondary N) is 2. The van der Waals surface area contributed by atoms with Gasteiger partial charge in [0.25, 0.3) is 0 Å². The maximum Gasteiger partial charge on any atom is 0.216 e. The van der Waals surface area contributed by atoms with Crippen LogP contribution in [0, 0.1) is 5.92 Å². The minimum atomic E-state index is -0.0805. The number of carbonyl (C=O) groups is 1. The van der Waals surface area contributed by atoms with Crippen LogP contribution in [0.1, 0.15) is 44.2 Å². The van der Waals surface area contributed by atoms with Gasteiger partial charge in [0.05, 0.1) is 5.52 Å². The number of amides is 1. The zero-order valence-electron chi connectivity index (χ0n) is 15.5. The molecule has 1 aliphatic rings. The van der Waals surface area contributed by atoms with Gasteiger partial charge in [-0.25, -0.2) is 0 Å². The van der Waals surface area contributed by atoms with E-state index >= 15 is 0 Å². The minimum absolute atomic E-state index is 0.0768. The third-order valence-corrected chi connectivity index (χ3v) is 5.23. The number of benzene rings is 1. The SMILES string of the molecule is C=C(C)C1CC(C)=CC1c1c(O)cc2c(CCNC(C)=O)c[nH]c2c1O. The van der Waals surface area contributed by atoms with E-state index in [1.54, 1.807) is 6.07 Å². The molecule has 1 amide bonds. The molecule has 5 nitrogen and oxygen atoms in total. The molecule has 0 aliphatic heterocycles. The van der Waals surface area contributed by atoms with Gasteiger partial charge in [-0.1, -0.05) is 23.8 Å². The van der Waals surface area contributed by atoms with Gasteiger partial charge in [0.15, 0.2) is 0 Å². The maximum absolute atomic E-state index is 11.0. The number of allylic oxidation sites excluding steroid dienone is 3. The van der Waals surface area contributed by atoms with E-state index in [1.807, 2.05) is 13.1 Å². The smallest absolute Gasteiger partial charge is 0.216 e. The first-order valence-corrected chi connectivity index (χ1v) is 8.91. The highest BCUT2D eigenvalue weighted by Gasteiger charge is 2.32. The van der Waals surface area contributed by atoms with Crippen molar-refractivity contribution in [2.45, 2.75) is 39.5 Å². The third-order valence-electron chi connectivity index (χ3n) is 5.23. The number of hydrogen-bond acceptors (Lipinski definition) is 3. The van der Waals surface area contributed by atoms with Crippen molar-refractivity contribution in [3.05, 3.63) is 47.2 Å². The van der Waals surface area contributed by atoms with E-state index in [-0.39, 0.29) is 29.2 Å². The number of aromatic amines is 1. The molecule has 0 saturated carbocycles. The van der Waals surface area contributed by atoms with Crippen molar-refractivity contribution in [1.82, 2.24) is 10.3 Å². The van der Waals surface area contributed by atoms with Crippen molar-refractivity contribution in [3.8, 4) is 11.5 Å². The van der Waals surface area contributed by atoms with Gasteiger partial charge in [-0.3, -0.25) is 4.79 Å². The molecule has 0 fully saturated rings. The molecule has 1 aromatic heterocycles. The Bertz CT molecular complexity index is 908. The Morgan fingerprint density at radius 2 is 2.12 bits per heavy atom. The van der Waals surface area contributed by atoms with Crippen LogP contribution < -0.4 is 5.32 Å². The molecule has 0 bridgehead atoms. The zero-order chi connectivity index (χ0) is 19.0. The van der Waals surface area contributed by atoms with Crippen molar-refractivity contribution < 1.29 is 15.0 Å². The summed E-state index contributed by atoms with van der Waals surface area (Å²) in [5, 5.41) is 25.1. The van der Waals surface area contributed by atoms with E-state index in [0.29, 0.717) is 24.0 Å². The van der Waals surface area contributed by atoms with E-state index in [4.69, 9.17) is 0 Å². The number of fused-ring (bicyclic) bond motifs is 1. The predicted molar refractivity (Wildman–Crippen MR) is 103 cm³/mol. The maximum atomic E-state index is 11.0. The Kier molecular flexibility index (Phi) is 4.81. The average molecular weight is 354 g/mol. The lowest BCUT2D eigenvalue weighted by molar-refractivity contribution is -0.118. The Hall–Kier alpha value is -2.69. The van der Waals surface area contributed by atoms with Crippen LogP contribution in [-0.2, 0) is 11.2 Å². The molecule has 26 heavy (non-hydrogen) atoms. The van der Waals surface area contributed by atoms with Crippen LogP contribution in [0.15, 0.2) is 36.1 Å². The molecule has 1 aromatic carbocycles. The first-order valence-electron chi connectivity index (χ1n) is 8.91. The van der Waals surface area contributed by atoms with Crippen LogP contribution in [0.5, 0.6) is 11.5 Å². The molecular formula is C21H26N2O3. The van der Waals surface area contributed by atoms with Crippen LogP contribution in [0.3, 0.4) is 0 Å². The second kappa shape index (κ2) is 6.90. The molecule has 0 saturated heterocycles. The van der Waals surface area contributed by atoms with Crippen LogP contribution >= 0.6 is 0 Å². The van der Waals surface area contributed by atoms with Crippen LogP contribution in [-0.4, -0.2) is 27.6 Å². The summed E-state index contributed by atoms with van der Waals surface area (Å²) in [4.78, 5) is 14.2. The first kappa shape index (κ1) is 18.1. The quantitative estimate of drug-likeness (QED) is 0.615. The Balaban J connectivity index is 2.01. The van der Waals surface area contributed by atoms with Gasteiger partial charge < -0.3 is 20.5 Å². The van der Waals surface area contributed by atoms with Crippen molar-refractivity contribution in [1.29, 1.82) is 0 Å². The predicted octanol–water partition coefficient (Wildman–Crippen LogP) is 3.88. The summed E-state index contributed by atoms with van der Waals surface area (Å²) in [6, 6.07) is 1.71. The molecule has 138 valence electrons. The van der Waals surface area contributed by atoms with Crippen LogP contribution in [0.25, 0.3) is 10.9 Å². The first-order chi connectivity index (χ1) is 12.3. The monoisotopic (exact) mass is 354 g/mol. The summed E-state index contributed by atoms with van der Waals surface area (Å²) in [6.07, 6.45) is 5.44. The van der Waals surface area contributed by atoms with E-state index in [2.05, 4.69) is 29.9 Å². The summed E-state index contributed by atoms with van der Waals surface area (Å²) < 4.78 is 0. The molecular weight excluding hydrogens is 328 g/mol. The van der Waals surface area contributed by atoms with Crippen LogP contribution in [0.4, 0.5) is 0 Å². The lowest BCUT2D eigenvalue weighted by Crippen LogP contribution is -2.22. The highest BCUT2D eigenvalue weighted by atomic mass is 16.3. The fourth-order valence-electron chi connectivity index (χ4n) is 3.95. The van der Waals surface area contributed by atoms with Gasteiger partial charge >= 0.3 is 0 Å². The van der Waals surface area contributed by atoms with Crippen molar-refractivity contribution in [2.24, 2.45) is 5.92 Å². The summed E-state index contributed by atoms with van der Waals surface area (Å²) in [5.74, 6) is 0.207. The Labute approximate surface area is 153 Å². The van der Waals surface area contributed by atoms with Gasteiger partial charge in [-0.15, -0.1) is 0 Å². The average Bonchev–Trinajstić information content (AvgIpc) is 3.11. The summed E-state index contributed by atoms with van der Waals surface area (Å²) in [5.41, 5.74) is 4.40. The highest BCUT2D eigenvalue weighted by Crippen LogP contribution is 2.49. The summed E-state index contributed by atoms with van der Waals surface area (Å²) >= 11 is 0. The Morgan fingerprint density at radius 3 is 2.77 bits per heavy atom. The second-order valence-corrected chi connectivity index (χ2v) is 7.32. The minimum Gasteiger partial charge on any atom is -0.507 e. The number of hydrogen-bond donors (Lipinski definition) is 4. The largest absolute Gasteiger partial charge is 0.507 e. The molecule has 0 spiro atoms. The van der Waals surface area contributed by atoms with E-state index in [9.17, 15) is 15.0 Å². The molecule has 1 aliphatic carbocycles. The van der Waals surface area contributed by atoms with E-state index in [1.165, 1.54) is 12.5 Å². The van der Waals surface area contributed by atoms with Crippen molar-refractivity contribution in [3.63, 3.8) is 0 Å². The normalized spacial score (nSPS) is 19.6. The number of aromatic hydroxyl groups is 2. The van der Waals surface area contributed by atoms with E-state index < -0.39 is 0 Å². The topological polar surface area (TPSA) is 85.4 Å². The number of phenolic OH excluding ortho intramolecular Hbond substituents is 2.